The number of hydrogen-bond acceptors (Lipinski definition) is 2. The third-order valence-corrected chi connectivity index (χ3v) is 3.61. The van der Waals surface area contributed by atoms with E-state index in [1.54, 1.807) is 0 Å². The Hall–Kier alpha value is -0.600. The molecule has 1 unspecified atom stereocenters. The molecule has 1 aromatic heterocycles. The zero-order valence-corrected chi connectivity index (χ0v) is 9.22. The molecule has 0 spiro atoms. The van der Waals surface area contributed by atoms with E-state index in [0.29, 0.717) is 6.04 Å². The minimum absolute atomic E-state index is 0.606. The maximum atomic E-state index is 3.74. The summed E-state index contributed by atoms with van der Waals surface area (Å²) < 4.78 is 0. The molecule has 1 atom stereocenters. The first kappa shape index (κ1) is 9.94. The van der Waals surface area contributed by atoms with Crippen molar-refractivity contribution in [1.82, 2.24) is 5.32 Å². The van der Waals surface area contributed by atoms with Crippen molar-refractivity contribution in [3.8, 4) is 0 Å². The Balaban J connectivity index is 1.91. The number of rotatable bonds is 6. The number of thiophene rings is 1. The van der Waals surface area contributed by atoms with E-state index in [0.717, 1.165) is 18.9 Å². The lowest BCUT2D eigenvalue weighted by Gasteiger charge is -2.15. The first-order valence-corrected chi connectivity index (χ1v) is 6.17. The van der Waals surface area contributed by atoms with Crippen molar-refractivity contribution in [2.75, 3.05) is 6.54 Å². The summed E-state index contributed by atoms with van der Waals surface area (Å²) in [6, 6.07) is 4.99. The minimum atomic E-state index is 0.606. The van der Waals surface area contributed by atoms with Gasteiger partial charge < -0.3 is 5.32 Å². The summed E-state index contributed by atoms with van der Waals surface area (Å²) in [7, 11) is 0. The van der Waals surface area contributed by atoms with Crippen molar-refractivity contribution >= 4 is 11.3 Å². The normalized spacial score (nSPS) is 18.0. The lowest BCUT2D eigenvalue weighted by molar-refractivity contribution is 0.494. The topological polar surface area (TPSA) is 12.0 Å². The van der Waals surface area contributed by atoms with Gasteiger partial charge in [-0.05, 0) is 43.2 Å². The van der Waals surface area contributed by atoms with Crippen LogP contribution in [0.5, 0.6) is 0 Å². The van der Waals surface area contributed by atoms with Gasteiger partial charge in [-0.25, -0.2) is 0 Å². The summed E-state index contributed by atoms with van der Waals surface area (Å²) in [4.78, 5) is 1.50. The van der Waals surface area contributed by atoms with Crippen molar-refractivity contribution in [1.29, 1.82) is 0 Å². The third kappa shape index (κ3) is 2.46. The molecule has 1 aliphatic carbocycles. The fraction of sp³-hybridized carbons (Fsp3) is 0.500. The molecule has 0 aliphatic heterocycles. The third-order valence-electron chi connectivity index (χ3n) is 2.66. The van der Waals surface area contributed by atoms with Gasteiger partial charge in [0.2, 0.25) is 0 Å². The van der Waals surface area contributed by atoms with Gasteiger partial charge in [0.1, 0.15) is 0 Å². The summed E-state index contributed by atoms with van der Waals surface area (Å²) in [6.45, 7) is 4.80. The van der Waals surface area contributed by atoms with E-state index in [1.165, 1.54) is 17.7 Å². The Labute approximate surface area is 89.8 Å². The molecule has 1 nitrogen and oxygen atoms in total. The summed E-state index contributed by atoms with van der Waals surface area (Å²) in [5.41, 5.74) is 0. The van der Waals surface area contributed by atoms with Crippen molar-refractivity contribution in [2.24, 2.45) is 5.92 Å². The van der Waals surface area contributed by atoms with Gasteiger partial charge in [-0.15, -0.1) is 17.9 Å². The van der Waals surface area contributed by atoms with Crippen molar-refractivity contribution < 1.29 is 0 Å². The molecule has 0 saturated heterocycles. The van der Waals surface area contributed by atoms with E-state index < -0.39 is 0 Å². The molecule has 1 aromatic rings. The van der Waals surface area contributed by atoms with Gasteiger partial charge in [-0.2, -0.15) is 0 Å². The smallest absolute Gasteiger partial charge is 0.0443 e. The van der Waals surface area contributed by atoms with E-state index in [9.17, 15) is 0 Å². The second kappa shape index (κ2) is 4.76. The number of hydrogen-bond donors (Lipinski definition) is 1. The van der Waals surface area contributed by atoms with Crippen LogP contribution in [0.2, 0.25) is 0 Å². The summed E-state index contributed by atoms with van der Waals surface area (Å²) in [6.07, 6.45) is 5.83. The van der Waals surface area contributed by atoms with E-state index in [1.807, 2.05) is 17.4 Å². The predicted octanol–water partition coefficient (Wildman–Crippen LogP) is 3.36. The Morgan fingerprint density at radius 1 is 1.64 bits per heavy atom. The van der Waals surface area contributed by atoms with Gasteiger partial charge >= 0.3 is 0 Å². The van der Waals surface area contributed by atoms with Crippen LogP contribution in [0, 0.1) is 5.92 Å². The molecule has 1 fully saturated rings. The maximum absolute atomic E-state index is 3.74. The standard InChI is InChI=1S/C12H17NS/c1-2-3-8-13-12(10-6-7-10)11-5-4-9-14-11/h2,4-5,9-10,12-13H,1,3,6-8H2. The average Bonchev–Trinajstić information content (AvgIpc) is 2.88. The Morgan fingerprint density at radius 2 is 2.50 bits per heavy atom. The van der Waals surface area contributed by atoms with Crippen LogP contribution in [0.3, 0.4) is 0 Å². The van der Waals surface area contributed by atoms with Crippen LogP contribution in [-0.4, -0.2) is 6.54 Å². The summed E-state index contributed by atoms with van der Waals surface area (Å²) in [5, 5.41) is 5.79. The monoisotopic (exact) mass is 207 g/mol. The molecular weight excluding hydrogens is 190 g/mol. The predicted molar refractivity (Wildman–Crippen MR) is 62.6 cm³/mol. The molecule has 1 heterocycles. The molecule has 2 rings (SSSR count). The second-order valence-corrected chi connectivity index (χ2v) is 4.84. The van der Waals surface area contributed by atoms with Crippen LogP contribution >= 0.6 is 11.3 Å². The molecular formula is C12H17NS. The van der Waals surface area contributed by atoms with Gasteiger partial charge in [0.05, 0.1) is 0 Å². The van der Waals surface area contributed by atoms with Gasteiger partial charge in [0.25, 0.3) is 0 Å². The molecule has 1 N–H and O–H groups in total. The molecule has 14 heavy (non-hydrogen) atoms. The molecule has 0 bridgehead atoms. The van der Waals surface area contributed by atoms with E-state index in [2.05, 4.69) is 29.4 Å². The zero-order chi connectivity index (χ0) is 9.80. The lowest BCUT2D eigenvalue weighted by atomic mass is 10.1. The highest BCUT2D eigenvalue weighted by molar-refractivity contribution is 7.10. The largest absolute Gasteiger partial charge is 0.309 e. The van der Waals surface area contributed by atoms with Crippen LogP contribution in [0.15, 0.2) is 30.2 Å². The molecule has 1 aliphatic rings. The average molecular weight is 207 g/mol. The Morgan fingerprint density at radius 3 is 3.07 bits per heavy atom. The highest BCUT2D eigenvalue weighted by Crippen LogP contribution is 2.42. The van der Waals surface area contributed by atoms with E-state index in [4.69, 9.17) is 0 Å². The molecule has 2 heteroatoms. The van der Waals surface area contributed by atoms with Crippen molar-refractivity contribution in [3.63, 3.8) is 0 Å². The number of nitrogens with one attached hydrogen (secondary N) is 1. The van der Waals surface area contributed by atoms with Crippen LogP contribution in [0.1, 0.15) is 30.2 Å². The highest BCUT2D eigenvalue weighted by Gasteiger charge is 2.32. The zero-order valence-electron chi connectivity index (χ0n) is 8.41. The first-order valence-electron chi connectivity index (χ1n) is 5.29. The van der Waals surface area contributed by atoms with Gasteiger partial charge in [-0.1, -0.05) is 12.1 Å². The first-order chi connectivity index (χ1) is 6.92. The highest BCUT2D eigenvalue weighted by atomic mass is 32.1. The maximum Gasteiger partial charge on any atom is 0.0443 e. The summed E-state index contributed by atoms with van der Waals surface area (Å²) >= 11 is 1.87. The fourth-order valence-electron chi connectivity index (χ4n) is 1.74. The minimum Gasteiger partial charge on any atom is -0.309 e. The second-order valence-electron chi connectivity index (χ2n) is 3.86. The van der Waals surface area contributed by atoms with Crippen LogP contribution < -0.4 is 5.32 Å². The van der Waals surface area contributed by atoms with E-state index >= 15 is 0 Å². The van der Waals surface area contributed by atoms with Gasteiger partial charge in [0, 0.05) is 10.9 Å². The van der Waals surface area contributed by atoms with Crippen LogP contribution in [-0.2, 0) is 0 Å². The van der Waals surface area contributed by atoms with Gasteiger partial charge in [0.15, 0.2) is 0 Å². The molecule has 76 valence electrons. The molecule has 1 saturated carbocycles. The lowest BCUT2D eigenvalue weighted by Crippen LogP contribution is -2.22. The quantitative estimate of drug-likeness (QED) is 0.557. The van der Waals surface area contributed by atoms with Gasteiger partial charge in [-0.3, -0.25) is 0 Å². The Bertz CT molecular complexity index is 275. The van der Waals surface area contributed by atoms with Crippen molar-refractivity contribution in [3.05, 3.63) is 35.0 Å². The molecule has 0 radical (unpaired) electrons. The van der Waals surface area contributed by atoms with Crippen LogP contribution in [0.25, 0.3) is 0 Å². The van der Waals surface area contributed by atoms with Crippen molar-refractivity contribution in [2.45, 2.75) is 25.3 Å². The van der Waals surface area contributed by atoms with Crippen LogP contribution in [0.4, 0.5) is 0 Å². The fourth-order valence-corrected chi connectivity index (χ4v) is 2.63. The SMILES string of the molecule is C=CCCNC(c1cccs1)C1CC1. The molecule has 0 aromatic carbocycles. The Kier molecular flexibility index (Phi) is 3.38. The summed E-state index contributed by atoms with van der Waals surface area (Å²) in [5.74, 6) is 0.887. The molecule has 0 amide bonds. The van der Waals surface area contributed by atoms with E-state index in [-0.39, 0.29) is 0 Å².